The molecular weight excluding hydrogens is 210 g/mol. The number of rotatable bonds is 7. The first kappa shape index (κ1) is 12.5. The van der Waals surface area contributed by atoms with Crippen LogP contribution in [0.1, 0.15) is 32.6 Å². The fourth-order valence-corrected chi connectivity index (χ4v) is 1.57. The predicted molar refractivity (Wildman–Crippen MR) is 61.7 cm³/mol. The van der Waals surface area contributed by atoms with Crippen LogP contribution < -0.4 is 4.57 Å². The van der Waals surface area contributed by atoms with Gasteiger partial charge in [-0.3, -0.25) is 0 Å². The highest BCUT2D eigenvalue weighted by Gasteiger charge is 2.00. The minimum Gasteiger partial charge on any atom is -0.323 e. The SMILES string of the molecule is CCCCCCOC[n+]1cccc(Cl)c1. The van der Waals surface area contributed by atoms with Crippen LogP contribution in [-0.2, 0) is 11.5 Å². The van der Waals surface area contributed by atoms with Crippen LogP contribution in [-0.4, -0.2) is 6.61 Å². The first-order chi connectivity index (χ1) is 7.33. The smallest absolute Gasteiger partial charge is 0.252 e. The summed E-state index contributed by atoms with van der Waals surface area (Å²) < 4.78 is 7.47. The summed E-state index contributed by atoms with van der Waals surface area (Å²) in [5.41, 5.74) is 0. The highest BCUT2D eigenvalue weighted by molar-refractivity contribution is 6.30. The van der Waals surface area contributed by atoms with E-state index in [1.807, 2.05) is 29.1 Å². The molecule has 0 N–H and O–H groups in total. The van der Waals surface area contributed by atoms with Crippen LogP contribution in [0.4, 0.5) is 0 Å². The number of nitrogens with zero attached hydrogens (tertiary/aromatic N) is 1. The molecule has 0 aliphatic carbocycles. The number of aromatic nitrogens is 1. The molecule has 0 aromatic carbocycles. The van der Waals surface area contributed by atoms with Crippen molar-refractivity contribution in [3.63, 3.8) is 0 Å². The number of ether oxygens (including phenoxy) is 1. The molecule has 1 rings (SSSR count). The van der Waals surface area contributed by atoms with Gasteiger partial charge in [-0.15, -0.1) is 0 Å². The van der Waals surface area contributed by atoms with Gasteiger partial charge < -0.3 is 4.74 Å². The van der Waals surface area contributed by atoms with Crippen LogP contribution in [0.3, 0.4) is 0 Å². The summed E-state index contributed by atoms with van der Waals surface area (Å²) in [5.74, 6) is 0. The molecule has 0 unspecified atom stereocenters. The molecule has 1 aromatic rings. The van der Waals surface area contributed by atoms with Crippen molar-refractivity contribution < 1.29 is 9.30 Å². The zero-order valence-electron chi connectivity index (χ0n) is 9.29. The molecule has 2 nitrogen and oxygen atoms in total. The molecule has 0 atom stereocenters. The van der Waals surface area contributed by atoms with Gasteiger partial charge in [0.05, 0.1) is 6.61 Å². The average Bonchev–Trinajstić information content (AvgIpc) is 2.23. The van der Waals surface area contributed by atoms with E-state index in [-0.39, 0.29) is 0 Å². The largest absolute Gasteiger partial charge is 0.323 e. The Balaban J connectivity index is 2.10. The van der Waals surface area contributed by atoms with E-state index in [2.05, 4.69) is 6.92 Å². The molecule has 1 aromatic heterocycles. The maximum absolute atomic E-state index is 5.85. The number of hydrogen-bond acceptors (Lipinski definition) is 1. The van der Waals surface area contributed by atoms with E-state index in [1.54, 1.807) is 0 Å². The zero-order valence-corrected chi connectivity index (χ0v) is 10.0. The third-order valence-corrected chi connectivity index (χ3v) is 2.43. The van der Waals surface area contributed by atoms with E-state index in [9.17, 15) is 0 Å². The Morgan fingerprint density at radius 1 is 1.33 bits per heavy atom. The van der Waals surface area contributed by atoms with E-state index in [1.165, 1.54) is 19.3 Å². The van der Waals surface area contributed by atoms with Crippen molar-refractivity contribution in [2.75, 3.05) is 6.61 Å². The Bertz CT molecular complexity index is 278. The lowest BCUT2D eigenvalue weighted by atomic mass is 10.2. The second kappa shape index (κ2) is 7.66. The van der Waals surface area contributed by atoms with Crippen molar-refractivity contribution in [2.24, 2.45) is 0 Å². The quantitative estimate of drug-likeness (QED) is 0.516. The van der Waals surface area contributed by atoms with Gasteiger partial charge in [0.1, 0.15) is 5.02 Å². The monoisotopic (exact) mass is 228 g/mol. The van der Waals surface area contributed by atoms with Gasteiger partial charge in [0.2, 0.25) is 0 Å². The second-order valence-electron chi connectivity index (χ2n) is 3.63. The van der Waals surface area contributed by atoms with E-state index in [0.717, 1.165) is 18.1 Å². The molecule has 0 saturated heterocycles. The first-order valence-electron chi connectivity index (χ1n) is 5.55. The van der Waals surface area contributed by atoms with Crippen molar-refractivity contribution in [1.29, 1.82) is 0 Å². The Kier molecular flexibility index (Phi) is 6.37. The molecule has 0 spiro atoms. The zero-order chi connectivity index (χ0) is 10.9. The van der Waals surface area contributed by atoms with E-state index >= 15 is 0 Å². The van der Waals surface area contributed by atoms with Crippen molar-refractivity contribution in [2.45, 2.75) is 39.3 Å². The molecule has 0 amide bonds. The van der Waals surface area contributed by atoms with Crippen LogP contribution in [0.25, 0.3) is 0 Å². The molecular formula is C12H19ClNO+. The van der Waals surface area contributed by atoms with Crippen LogP contribution in [0.2, 0.25) is 5.02 Å². The molecule has 0 fully saturated rings. The molecule has 0 radical (unpaired) electrons. The molecule has 1 heterocycles. The lowest BCUT2D eigenvalue weighted by Crippen LogP contribution is -2.34. The van der Waals surface area contributed by atoms with Gasteiger partial charge >= 0.3 is 0 Å². The third kappa shape index (κ3) is 5.75. The Morgan fingerprint density at radius 2 is 2.20 bits per heavy atom. The minimum absolute atomic E-state index is 0.590. The summed E-state index contributed by atoms with van der Waals surface area (Å²) in [6.07, 6.45) is 8.80. The van der Waals surface area contributed by atoms with E-state index in [0.29, 0.717) is 6.73 Å². The van der Waals surface area contributed by atoms with Crippen molar-refractivity contribution in [3.05, 3.63) is 29.5 Å². The van der Waals surface area contributed by atoms with E-state index < -0.39 is 0 Å². The van der Waals surface area contributed by atoms with Gasteiger partial charge in [-0.2, -0.15) is 4.57 Å². The fourth-order valence-electron chi connectivity index (χ4n) is 1.37. The number of unbranched alkanes of at least 4 members (excludes halogenated alkanes) is 3. The summed E-state index contributed by atoms with van der Waals surface area (Å²) in [4.78, 5) is 0. The Hall–Kier alpha value is -0.600. The minimum atomic E-state index is 0.590. The van der Waals surface area contributed by atoms with Crippen LogP contribution in [0, 0.1) is 0 Å². The second-order valence-corrected chi connectivity index (χ2v) is 4.07. The topological polar surface area (TPSA) is 13.1 Å². The normalized spacial score (nSPS) is 10.5. The van der Waals surface area contributed by atoms with Gasteiger partial charge in [0.25, 0.3) is 6.73 Å². The molecule has 0 saturated carbocycles. The summed E-state index contributed by atoms with van der Waals surface area (Å²) in [7, 11) is 0. The van der Waals surface area contributed by atoms with Crippen LogP contribution in [0.5, 0.6) is 0 Å². The molecule has 84 valence electrons. The number of hydrogen-bond donors (Lipinski definition) is 0. The molecule has 0 bridgehead atoms. The highest BCUT2D eigenvalue weighted by atomic mass is 35.5. The molecule has 15 heavy (non-hydrogen) atoms. The standard InChI is InChI=1S/C12H19ClNO/c1-2-3-4-5-9-15-11-14-8-6-7-12(13)10-14/h6-8,10H,2-5,9,11H2,1H3/q+1. The first-order valence-corrected chi connectivity index (χ1v) is 5.93. The van der Waals surface area contributed by atoms with Gasteiger partial charge in [-0.05, 0) is 12.5 Å². The van der Waals surface area contributed by atoms with Crippen LogP contribution >= 0.6 is 11.6 Å². The summed E-state index contributed by atoms with van der Waals surface area (Å²) >= 11 is 5.85. The maximum atomic E-state index is 5.85. The van der Waals surface area contributed by atoms with E-state index in [4.69, 9.17) is 16.3 Å². The molecule has 3 heteroatoms. The van der Waals surface area contributed by atoms with Crippen molar-refractivity contribution in [3.8, 4) is 0 Å². The number of halogens is 1. The Labute approximate surface area is 96.8 Å². The van der Waals surface area contributed by atoms with Gasteiger partial charge in [-0.25, -0.2) is 0 Å². The number of pyridine rings is 1. The van der Waals surface area contributed by atoms with Crippen molar-refractivity contribution in [1.82, 2.24) is 0 Å². The molecule has 0 aliphatic heterocycles. The lowest BCUT2D eigenvalue weighted by molar-refractivity contribution is -0.732. The fraction of sp³-hybridized carbons (Fsp3) is 0.583. The van der Waals surface area contributed by atoms with Gasteiger partial charge in [-0.1, -0.05) is 37.8 Å². The summed E-state index contributed by atoms with van der Waals surface area (Å²) in [6, 6.07) is 3.78. The van der Waals surface area contributed by atoms with Crippen LogP contribution in [0.15, 0.2) is 24.5 Å². The summed E-state index contributed by atoms with van der Waals surface area (Å²) in [6.45, 7) is 3.63. The van der Waals surface area contributed by atoms with Crippen molar-refractivity contribution >= 4 is 11.6 Å². The molecule has 0 aliphatic rings. The summed E-state index contributed by atoms with van der Waals surface area (Å²) in [5, 5.41) is 0.743. The Morgan fingerprint density at radius 3 is 2.93 bits per heavy atom. The average molecular weight is 229 g/mol. The highest BCUT2D eigenvalue weighted by Crippen LogP contribution is 2.01. The van der Waals surface area contributed by atoms with Gasteiger partial charge in [0.15, 0.2) is 12.4 Å². The third-order valence-electron chi connectivity index (χ3n) is 2.20. The lowest BCUT2D eigenvalue weighted by Gasteiger charge is -2.00. The predicted octanol–water partition coefficient (Wildman–Crippen LogP) is 3.18. The maximum Gasteiger partial charge on any atom is 0.252 e. The van der Waals surface area contributed by atoms with Gasteiger partial charge in [0, 0.05) is 6.07 Å².